The third-order valence-corrected chi connectivity index (χ3v) is 10.5. The molecule has 0 radical (unpaired) electrons. The topological polar surface area (TPSA) is 37.3 Å². The van der Waals surface area contributed by atoms with Gasteiger partial charge in [-0.3, -0.25) is 0 Å². The summed E-state index contributed by atoms with van der Waals surface area (Å²) in [6.45, 7) is 16.1. The highest BCUT2D eigenvalue weighted by Crippen LogP contribution is 2.70. The van der Waals surface area contributed by atoms with E-state index < -0.39 is 0 Å². The van der Waals surface area contributed by atoms with Gasteiger partial charge in [-0.1, -0.05) is 64.8 Å². The second-order valence-corrected chi connectivity index (χ2v) is 12.3. The highest BCUT2D eigenvalue weighted by atomic mass is 16.3. The highest BCUT2D eigenvalue weighted by molar-refractivity contribution is 5.75. The number of ketones is 1. The Hall–Kier alpha value is -0.890. The quantitative estimate of drug-likeness (QED) is 0.552. The van der Waals surface area contributed by atoms with Gasteiger partial charge in [0.15, 0.2) is 0 Å². The van der Waals surface area contributed by atoms with Crippen molar-refractivity contribution in [2.24, 2.45) is 39.4 Å². The molecule has 2 fully saturated rings. The lowest BCUT2D eigenvalue weighted by molar-refractivity contribution is -0.118. The molecule has 2 heteroatoms. The Morgan fingerprint density at radius 3 is 2.45 bits per heavy atom. The first-order valence-electron chi connectivity index (χ1n) is 12.0. The zero-order valence-electron chi connectivity index (χ0n) is 19.8. The van der Waals surface area contributed by atoms with Gasteiger partial charge in [0.1, 0.15) is 5.78 Å². The summed E-state index contributed by atoms with van der Waals surface area (Å²) in [5.74, 6) is 1.88. The molecule has 7 unspecified atom stereocenters. The molecule has 0 spiro atoms. The first-order chi connectivity index (χ1) is 13.4. The minimum atomic E-state index is -0.178. The average Bonchev–Trinajstić information content (AvgIpc) is 2.91. The number of fused-ring (bicyclic) bond motifs is 5. The minimum absolute atomic E-state index is 0.0138. The van der Waals surface area contributed by atoms with Crippen LogP contribution < -0.4 is 0 Å². The number of carbonyl (C=O) groups excluding carboxylic acids is 1. The summed E-state index contributed by atoms with van der Waals surface area (Å²) in [6.07, 6.45) is 12.4. The van der Waals surface area contributed by atoms with Gasteiger partial charge in [0, 0.05) is 11.8 Å². The normalized spacial score (nSPS) is 46.7. The molecule has 2 saturated carbocycles. The Morgan fingerprint density at radius 2 is 1.79 bits per heavy atom. The lowest BCUT2D eigenvalue weighted by atomic mass is 9.44. The van der Waals surface area contributed by atoms with Crippen LogP contribution in [0, 0.1) is 39.4 Å². The fourth-order valence-electron chi connectivity index (χ4n) is 8.39. The van der Waals surface area contributed by atoms with Gasteiger partial charge in [0.2, 0.25) is 0 Å². The molecule has 2 nitrogen and oxygen atoms in total. The van der Waals surface area contributed by atoms with Crippen LogP contribution in [0.4, 0.5) is 0 Å². The van der Waals surface area contributed by atoms with Crippen molar-refractivity contribution in [3.05, 3.63) is 23.3 Å². The zero-order chi connectivity index (χ0) is 21.4. The van der Waals surface area contributed by atoms with Crippen molar-refractivity contribution in [2.75, 3.05) is 0 Å². The van der Waals surface area contributed by atoms with Crippen LogP contribution in [0.25, 0.3) is 0 Å². The molecule has 0 amide bonds. The van der Waals surface area contributed by atoms with E-state index in [9.17, 15) is 9.90 Å². The van der Waals surface area contributed by atoms with Crippen molar-refractivity contribution in [3.63, 3.8) is 0 Å². The predicted octanol–water partition coefficient (Wildman–Crippen LogP) is 6.49. The summed E-state index contributed by atoms with van der Waals surface area (Å²) in [5.41, 5.74) is 3.89. The van der Waals surface area contributed by atoms with Gasteiger partial charge in [-0.2, -0.15) is 0 Å². The van der Waals surface area contributed by atoms with Crippen LogP contribution in [-0.2, 0) is 4.79 Å². The molecule has 1 N–H and O–H groups in total. The average molecular weight is 399 g/mol. The van der Waals surface area contributed by atoms with Crippen molar-refractivity contribution >= 4 is 5.78 Å². The van der Waals surface area contributed by atoms with Crippen molar-refractivity contribution in [2.45, 2.75) is 99.5 Å². The molecule has 0 aliphatic heterocycles. The first kappa shape index (κ1) is 21.3. The molecule has 0 saturated heterocycles. The summed E-state index contributed by atoms with van der Waals surface area (Å²) < 4.78 is 0. The van der Waals surface area contributed by atoms with Gasteiger partial charge in [-0.05, 0) is 79.4 Å². The molecule has 0 aromatic heterocycles. The number of hydrogen-bond acceptors (Lipinski definition) is 2. The second kappa shape index (κ2) is 6.55. The fourth-order valence-corrected chi connectivity index (χ4v) is 8.39. The van der Waals surface area contributed by atoms with Crippen LogP contribution >= 0.6 is 0 Å². The third kappa shape index (κ3) is 2.80. The molecule has 162 valence electrons. The molecule has 0 aromatic carbocycles. The summed E-state index contributed by atoms with van der Waals surface area (Å²) >= 11 is 0. The number of aliphatic hydroxyl groups is 1. The molecule has 0 bridgehead atoms. The molecule has 4 rings (SSSR count). The van der Waals surface area contributed by atoms with Crippen molar-refractivity contribution < 1.29 is 9.90 Å². The molecular formula is C27H42O2. The van der Waals surface area contributed by atoms with Crippen LogP contribution in [0.5, 0.6) is 0 Å². The van der Waals surface area contributed by atoms with Crippen LogP contribution in [0.1, 0.15) is 93.4 Å². The van der Waals surface area contributed by atoms with Crippen LogP contribution in [-0.4, -0.2) is 17.0 Å². The monoisotopic (exact) mass is 398 g/mol. The predicted molar refractivity (Wildman–Crippen MR) is 119 cm³/mol. The SMILES string of the molecule is CC(=O)CC(C)C1(C)CCC2(C)C3=CCC4C(C)(C)C(O)CCC4(C)C3CC=C21. The maximum atomic E-state index is 11.9. The van der Waals surface area contributed by atoms with Crippen LogP contribution in [0.3, 0.4) is 0 Å². The van der Waals surface area contributed by atoms with Gasteiger partial charge in [-0.25, -0.2) is 0 Å². The Labute approximate surface area is 178 Å². The van der Waals surface area contributed by atoms with Crippen LogP contribution in [0.15, 0.2) is 23.3 Å². The number of aliphatic hydroxyl groups excluding tert-OH is 1. The highest BCUT2D eigenvalue weighted by Gasteiger charge is 2.61. The molecule has 0 aromatic rings. The van der Waals surface area contributed by atoms with Gasteiger partial charge in [0.05, 0.1) is 6.10 Å². The van der Waals surface area contributed by atoms with Gasteiger partial charge >= 0.3 is 0 Å². The van der Waals surface area contributed by atoms with Crippen LogP contribution in [0.2, 0.25) is 0 Å². The van der Waals surface area contributed by atoms with E-state index >= 15 is 0 Å². The Kier molecular flexibility index (Phi) is 4.82. The van der Waals surface area contributed by atoms with E-state index in [1.165, 1.54) is 12.8 Å². The number of allylic oxidation sites excluding steroid dienone is 4. The van der Waals surface area contributed by atoms with E-state index in [0.29, 0.717) is 30.0 Å². The smallest absolute Gasteiger partial charge is 0.130 e. The number of carbonyl (C=O) groups is 1. The lowest BCUT2D eigenvalue weighted by Gasteiger charge is -2.61. The van der Waals surface area contributed by atoms with E-state index in [1.807, 2.05) is 0 Å². The molecule has 4 aliphatic rings. The molecular weight excluding hydrogens is 356 g/mol. The number of hydrogen-bond donors (Lipinski definition) is 1. The standard InChI is InChI=1S/C27H42O2/c1-17(16-18(2)28)25(5)14-15-27(7)20-8-10-21-24(3,4)23(29)12-13-26(21,6)19(20)9-11-22(25)27/h8,11,17,19,21,23,29H,9-10,12-16H2,1-7H3. The molecule has 29 heavy (non-hydrogen) atoms. The lowest BCUT2D eigenvalue weighted by Crippen LogP contribution is -2.55. The van der Waals surface area contributed by atoms with Gasteiger partial charge < -0.3 is 9.90 Å². The summed E-state index contributed by atoms with van der Waals surface area (Å²) in [7, 11) is 0. The summed E-state index contributed by atoms with van der Waals surface area (Å²) in [6, 6.07) is 0. The largest absolute Gasteiger partial charge is 0.393 e. The summed E-state index contributed by atoms with van der Waals surface area (Å²) in [5, 5.41) is 10.7. The number of rotatable bonds is 3. The second-order valence-electron chi connectivity index (χ2n) is 12.3. The Balaban J connectivity index is 1.73. The molecule has 4 aliphatic carbocycles. The van der Waals surface area contributed by atoms with Gasteiger partial charge in [0.25, 0.3) is 0 Å². The Morgan fingerprint density at radius 1 is 1.10 bits per heavy atom. The Bertz CT molecular complexity index is 773. The van der Waals surface area contributed by atoms with Crippen molar-refractivity contribution in [3.8, 4) is 0 Å². The van der Waals surface area contributed by atoms with E-state index in [2.05, 4.69) is 53.7 Å². The first-order valence-corrected chi connectivity index (χ1v) is 12.0. The maximum absolute atomic E-state index is 11.9. The fraction of sp³-hybridized carbons (Fsp3) is 0.815. The van der Waals surface area contributed by atoms with E-state index in [-0.39, 0.29) is 27.8 Å². The number of Topliss-reactive ketones (excluding diaryl/α,β-unsaturated/α-hetero) is 1. The van der Waals surface area contributed by atoms with E-state index in [4.69, 9.17) is 0 Å². The third-order valence-electron chi connectivity index (χ3n) is 10.5. The maximum Gasteiger partial charge on any atom is 0.130 e. The summed E-state index contributed by atoms with van der Waals surface area (Å²) in [4.78, 5) is 11.9. The van der Waals surface area contributed by atoms with E-state index in [0.717, 1.165) is 25.7 Å². The molecule has 7 atom stereocenters. The van der Waals surface area contributed by atoms with Gasteiger partial charge in [-0.15, -0.1) is 0 Å². The van der Waals surface area contributed by atoms with Crippen molar-refractivity contribution in [1.82, 2.24) is 0 Å². The van der Waals surface area contributed by atoms with Crippen molar-refractivity contribution in [1.29, 1.82) is 0 Å². The zero-order valence-corrected chi connectivity index (χ0v) is 19.8. The minimum Gasteiger partial charge on any atom is -0.393 e. The van der Waals surface area contributed by atoms with E-state index in [1.54, 1.807) is 18.1 Å². The molecule has 0 heterocycles.